The second-order valence-electron chi connectivity index (χ2n) is 5.56. The lowest BCUT2D eigenvalue weighted by molar-refractivity contribution is -0.121. The first-order valence-corrected chi connectivity index (χ1v) is 8.51. The number of hydrogen-bond donors (Lipinski definition) is 1. The molecule has 0 aromatic heterocycles. The number of halogens is 1. The van der Waals surface area contributed by atoms with E-state index in [0.717, 1.165) is 33.3 Å². The molecule has 2 aromatic carbocycles. The molecule has 0 unspecified atom stereocenters. The zero-order valence-electron chi connectivity index (χ0n) is 13.7. The van der Waals surface area contributed by atoms with Gasteiger partial charge in [0.05, 0.1) is 19.6 Å². The first kappa shape index (κ1) is 17.5. The summed E-state index contributed by atoms with van der Waals surface area (Å²) in [5.74, 6) is 0.896. The van der Waals surface area contributed by atoms with Gasteiger partial charge < -0.3 is 10.1 Å². The van der Waals surface area contributed by atoms with E-state index in [1.54, 1.807) is 7.11 Å². The Kier molecular flexibility index (Phi) is 6.22. The van der Waals surface area contributed by atoms with Gasteiger partial charge in [-0.1, -0.05) is 47.1 Å². The average Bonchev–Trinajstić information content (AvgIpc) is 2.52. The summed E-state index contributed by atoms with van der Waals surface area (Å²) < 4.78 is 6.28. The summed E-state index contributed by atoms with van der Waals surface area (Å²) in [7, 11) is 1.67. The number of carbonyl (C=O) groups excluding carboxylic acids is 1. The van der Waals surface area contributed by atoms with Gasteiger partial charge in [-0.05, 0) is 48.2 Å². The molecular weight excluding hydrogens is 354 g/mol. The van der Waals surface area contributed by atoms with E-state index < -0.39 is 0 Å². The summed E-state index contributed by atoms with van der Waals surface area (Å²) in [6.45, 7) is 4.09. The van der Waals surface area contributed by atoms with E-state index in [4.69, 9.17) is 4.74 Å². The van der Waals surface area contributed by atoms with Crippen LogP contribution in [0.5, 0.6) is 5.75 Å². The Hall–Kier alpha value is -1.81. The molecular formula is C19H22BrNO2. The van der Waals surface area contributed by atoms with Crippen molar-refractivity contribution < 1.29 is 9.53 Å². The summed E-state index contributed by atoms with van der Waals surface area (Å²) in [6.07, 6.45) is 1.22. The maximum absolute atomic E-state index is 12.3. The highest BCUT2D eigenvalue weighted by atomic mass is 79.9. The van der Waals surface area contributed by atoms with Crippen molar-refractivity contribution in [3.63, 3.8) is 0 Å². The van der Waals surface area contributed by atoms with Crippen molar-refractivity contribution in [3.05, 3.63) is 63.6 Å². The van der Waals surface area contributed by atoms with Crippen molar-refractivity contribution in [2.45, 2.75) is 32.7 Å². The molecule has 3 nitrogen and oxygen atoms in total. The number of methoxy groups -OCH3 is 1. The van der Waals surface area contributed by atoms with Crippen LogP contribution in [-0.2, 0) is 11.2 Å². The summed E-state index contributed by atoms with van der Waals surface area (Å²) in [6, 6.07) is 13.9. The predicted molar refractivity (Wildman–Crippen MR) is 96.8 cm³/mol. The molecule has 2 rings (SSSR count). The number of amides is 1. The third kappa shape index (κ3) is 4.83. The van der Waals surface area contributed by atoms with E-state index >= 15 is 0 Å². The zero-order valence-corrected chi connectivity index (χ0v) is 15.3. The van der Waals surface area contributed by atoms with E-state index in [1.807, 2.05) is 43.3 Å². The molecule has 0 aliphatic heterocycles. The number of carbonyl (C=O) groups is 1. The number of nitrogens with one attached hydrogen (secondary N) is 1. The average molecular weight is 376 g/mol. The fourth-order valence-electron chi connectivity index (χ4n) is 2.62. The summed E-state index contributed by atoms with van der Waals surface area (Å²) in [5.41, 5.74) is 3.18. The van der Waals surface area contributed by atoms with Gasteiger partial charge in [-0.15, -0.1) is 0 Å². The lowest BCUT2D eigenvalue weighted by atomic mass is 10.0. The normalized spacial score (nSPS) is 11.8. The van der Waals surface area contributed by atoms with Crippen molar-refractivity contribution in [1.82, 2.24) is 5.32 Å². The Balaban J connectivity index is 2.06. The molecule has 0 radical (unpaired) electrons. The molecule has 122 valence electrons. The van der Waals surface area contributed by atoms with Crippen molar-refractivity contribution in [2.24, 2.45) is 0 Å². The van der Waals surface area contributed by atoms with E-state index in [2.05, 4.69) is 34.2 Å². The fourth-order valence-corrected chi connectivity index (χ4v) is 3.06. The van der Waals surface area contributed by atoms with Gasteiger partial charge in [-0.25, -0.2) is 0 Å². The fraction of sp³-hybridized carbons (Fsp3) is 0.316. The molecule has 0 saturated heterocycles. The molecule has 0 bridgehead atoms. The van der Waals surface area contributed by atoms with Crippen LogP contribution in [0.1, 0.15) is 36.1 Å². The highest BCUT2D eigenvalue weighted by molar-refractivity contribution is 9.10. The molecule has 1 amide bonds. The number of hydrogen-bond acceptors (Lipinski definition) is 2. The molecule has 0 fully saturated rings. The van der Waals surface area contributed by atoms with Crippen molar-refractivity contribution in [2.75, 3.05) is 7.11 Å². The van der Waals surface area contributed by atoms with E-state index in [1.165, 1.54) is 0 Å². The van der Waals surface area contributed by atoms with Gasteiger partial charge >= 0.3 is 0 Å². The number of benzene rings is 2. The highest BCUT2D eigenvalue weighted by Gasteiger charge is 2.14. The first-order valence-electron chi connectivity index (χ1n) is 7.71. The van der Waals surface area contributed by atoms with Crippen molar-refractivity contribution in [3.8, 4) is 5.75 Å². The molecule has 0 spiro atoms. The van der Waals surface area contributed by atoms with Gasteiger partial charge in [-0.3, -0.25) is 4.79 Å². The number of rotatable bonds is 6. The third-order valence-corrected chi connectivity index (χ3v) is 4.31. The lowest BCUT2D eigenvalue weighted by Crippen LogP contribution is -2.29. The Bertz CT molecular complexity index is 685. The maximum Gasteiger partial charge on any atom is 0.224 e. The minimum Gasteiger partial charge on any atom is -0.496 e. The van der Waals surface area contributed by atoms with Crippen LogP contribution in [0.25, 0.3) is 0 Å². The van der Waals surface area contributed by atoms with Crippen LogP contribution in [0.15, 0.2) is 46.9 Å². The van der Waals surface area contributed by atoms with Crippen LogP contribution in [0.4, 0.5) is 0 Å². The maximum atomic E-state index is 12.3. The largest absolute Gasteiger partial charge is 0.496 e. The molecule has 4 heteroatoms. The topological polar surface area (TPSA) is 38.3 Å². The molecule has 23 heavy (non-hydrogen) atoms. The zero-order chi connectivity index (χ0) is 16.8. The van der Waals surface area contributed by atoms with Gasteiger partial charge in [0.15, 0.2) is 0 Å². The second kappa shape index (κ2) is 8.16. The highest BCUT2D eigenvalue weighted by Crippen LogP contribution is 2.24. The molecule has 0 saturated carbocycles. The summed E-state index contributed by atoms with van der Waals surface area (Å²) in [4.78, 5) is 12.3. The van der Waals surface area contributed by atoms with Gasteiger partial charge in [0, 0.05) is 4.47 Å². The summed E-state index contributed by atoms with van der Waals surface area (Å²) in [5, 5.41) is 3.12. The molecule has 0 aliphatic rings. The third-order valence-electron chi connectivity index (χ3n) is 3.82. The number of aryl methyl sites for hydroxylation is 1. The van der Waals surface area contributed by atoms with Gasteiger partial charge in [0.25, 0.3) is 0 Å². The van der Waals surface area contributed by atoms with E-state index in [9.17, 15) is 4.79 Å². The molecule has 1 atom stereocenters. The number of ether oxygens (including phenoxy) is 1. The van der Waals surface area contributed by atoms with Crippen LogP contribution in [0.3, 0.4) is 0 Å². The van der Waals surface area contributed by atoms with Crippen LogP contribution in [0.2, 0.25) is 0 Å². The Morgan fingerprint density at radius 1 is 1.26 bits per heavy atom. The van der Waals surface area contributed by atoms with Gasteiger partial charge in [0.2, 0.25) is 5.91 Å². The predicted octanol–water partition coefficient (Wildman–Crippen LogP) is 4.58. The van der Waals surface area contributed by atoms with Crippen LogP contribution < -0.4 is 10.1 Å². The van der Waals surface area contributed by atoms with Crippen LogP contribution >= 0.6 is 15.9 Å². The molecule has 1 N–H and O–H groups in total. The smallest absolute Gasteiger partial charge is 0.224 e. The molecule has 0 heterocycles. The standard InChI is InChI=1S/C19H22BrNO2/c1-4-17(15-8-9-18(23-3)13(2)10-15)21-19(22)12-14-6-5-7-16(20)11-14/h5-11,17H,4,12H2,1-3H3,(H,21,22)/t17-/m1/s1. The van der Waals surface area contributed by atoms with E-state index in [-0.39, 0.29) is 11.9 Å². The first-order chi connectivity index (χ1) is 11.0. The van der Waals surface area contributed by atoms with Gasteiger partial charge in [0.1, 0.15) is 5.75 Å². The van der Waals surface area contributed by atoms with E-state index in [0.29, 0.717) is 6.42 Å². The molecule has 2 aromatic rings. The van der Waals surface area contributed by atoms with Crippen molar-refractivity contribution >= 4 is 21.8 Å². The van der Waals surface area contributed by atoms with Crippen LogP contribution in [-0.4, -0.2) is 13.0 Å². The lowest BCUT2D eigenvalue weighted by Gasteiger charge is -2.19. The monoisotopic (exact) mass is 375 g/mol. The quantitative estimate of drug-likeness (QED) is 0.802. The van der Waals surface area contributed by atoms with Gasteiger partial charge in [-0.2, -0.15) is 0 Å². The van der Waals surface area contributed by atoms with Crippen molar-refractivity contribution in [1.29, 1.82) is 0 Å². The van der Waals surface area contributed by atoms with Crippen LogP contribution in [0, 0.1) is 6.92 Å². The Morgan fingerprint density at radius 2 is 2.04 bits per heavy atom. The molecule has 0 aliphatic carbocycles. The minimum absolute atomic E-state index is 0.0132. The Labute approximate surface area is 146 Å². The summed E-state index contributed by atoms with van der Waals surface area (Å²) >= 11 is 3.43. The SMILES string of the molecule is CC[C@@H](NC(=O)Cc1cccc(Br)c1)c1ccc(OC)c(C)c1. The Morgan fingerprint density at radius 3 is 2.65 bits per heavy atom. The second-order valence-corrected chi connectivity index (χ2v) is 6.48. The minimum atomic E-state index is 0.0132.